The monoisotopic (exact) mass is 909 g/mol. The van der Waals surface area contributed by atoms with Crippen molar-refractivity contribution in [3.8, 4) is 17.2 Å². The highest BCUT2D eigenvalue weighted by molar-refractivity contribution is 7.90. The summed E-state index contributed by atoms with van der Waals surface area (Å²) < 4.78 is 42.2. The van der Waals surface area contributed by atoms with Gasteiger partial charge in [-0.3, -0.25) is 24.7 Å². The van der Waals surface area contributed by atoms with Crippen molar-refractivity contribution in [2.24, 2.45) is 11.3 Å². The quantitative estimate of drug-likeness (QED) is 0.0832. The molecule has 5 aromatic rings. The molecule has 0 bridgehead atoms. The molecule has 5 heterocycles. The second kappa shape index (κ2) is 17.1. The van der Waals surface area contributed by atoms with Crippen molar-refractivity contribution in [2.75, 3.05) is 63.9 Å². The van der Waals surface area contributed by atoms with E-state index in [2.05, 4.69) is 55.4 Å². The molecule has 1 amide bonds. The third-order valence-corrected chi connectivity index (χ3v) is 14.4. The fraction of sp³-hybridized carbons (Fsp3) is 0.404. The van der Waals surface area contributed by atoms with Crippen LogP contribution in [0.3, 0.4) is 0 Å². The first kappa shape index (κ1) is 43.7. The SMILES string of the molecule is CC1(C)CCC(CN2CCN(c3ccc(C(=O)NS(=O)(=O)c4cc5c(c([N+](=O)[O-])c4)C[C@H](CN4CC(C)(O)C4)CO5)c(Oc4cnc5[nH]ccc5c4)c3)CC2)=C(c2ccc(Cl)cc2)C1. The molecule has 0 radical (unpaired) electrons. The van der Waals surface area contributed by atoms with Crippen molar-refractivity contribution in [3.63, 3.8) is 0 Å². The summed E-state index contributed by atoms with van der Waals surface area (Å²) >= 11 is 6.25. The number of aliphatic hydroxyl groups is 1. The number of nitrogens with zero attached hydrogens (tertiary/aromatic N) is 5. The first-order valence-corrected chi connectivity index (χ1v) is 23.5. The molecule has 1 atom stereocenters. The number of β-amino-alcohol motifs (C(OH)–C–C–N with tert-alkyl or cyclic N) is 1. The Morgan fingerprint density at radius 3 is 2.55 bits per heavy atom. The Hall–Kier alpha value is -5.52. The molecule has 2 aromatic heterocycles. The highest BCUT2D eigenvalue weighted by Crippen LogP contribution is 2.44. The predicted octanol–water partition coefficient (Wildman–Crippen LogP) is 7.44. The molecule has 0 spiro atoms. The number of nitro groups is 1. The minimum absolute atomic E-state index is 0.0569. The number of pyridine rings is 1. The van der Waals surface area contributed by atoms with E-state index in [1.165, 1.54) is 35.0 Å². The maximum Gasteiger partial charge on any atom is 0.277 e. The Bertz CT molecular complexity index is 2760. The third kappa shape index (κ3) is 9.47. The number of fused-ring (bicyclic) bond motifs is 2. The number of aromatic amines is 1. The number of halogens is 1. The average molecular weight is 910 g/mol. The number of H-pyrrole nitrogens is 1. The summed E-state index contributed by atoms with van der Waals surface area (Å²) in [5, 5.41) is 24.0. The highest BCUT2D eigenvalue weighted by Gasteiger charge is 2.39. The smallest absolute Gasteiger partial charge is 0.277 e. The van der Waals surface area contributed by atoms with E-state index in [1.807, 2.05) is 18.2 Å². The number of carbonyl (C=O) groups is 1. The van der Waals surface area contributed by atoms with Gasteiger partial charge in [-0.2, -0.15) is 0 Å². The summed E-state index contributed by atoms with van der Waals surface area (Å²) in [4.78, 5) is 39.5. The van der Waals surface area contributed by atoms with Crippen LogP contribution in [-0.2, 0) is 16.4 Å². The molecular formula is C47H52ClN7O8S. The van der Waals surface area contributed by atoms with Gasteiger partial charge in [0.05, 0.1) is 39.4 Å². The number of allylic oxidation sites excluding steroid dienone is 1. The summed E-state index contributed by atoms with van der Waals surface area (Å²) in [5.41, 5.74) is 4.82. The van der Waals surface area contributed by atoms with Crippen molar-refractivity contribution < 1.29 is 32.7 Å². The molecule has 0 unspecified atom stereocenters. The molecule has 4 aliphatic rings. The van der Waals surface area contributed by atoms with Crippen molar-refractivity contribution in [1.29, 1.82) is 0 Å². The van der Waals surface area contributed by atoms with E-state index in [0.29, 0.717) is 50.5 Å². The van der Waals surface area contributed by atoms with Crippen LogP contribution in [0.1, 0.15) is 61.5 Å². The Balaban J connectivity index is 0.936. The van der Waals surface area contributed by atoms with Gasteiger partial charge in [-0.15, -0.1) is 0 Å². The zero-order valence-electron chi connectivity index (χ0n) is 36.1. The lowest BCUT2D eigenvalue weighted by atomic mass is 9.72. The Morgan fingerprint density at radius 2 is 1.81 bits per heavy atom. The molecule has 336 valence electrons. The molecule has 3 N–H and O–H groups in total. The summed E-state index contributed by atoms with van der Waals surface area (Å²) in [6.45, 7) is 12.1. The predicted molar refractivity (Wildman–Crippen MR) is 245 cm³/mol. The molecule has 2 saturated heterocycles. The number of nitrogens with one attached hydrogen (secondary N) is 2. The summed E-state index contributed by atoms with van der Waals surface area (Å²) in [6, 6.07) is 19.0. The maximum absolute atomic E-state index is 14.0. The minimum atomic E-state index is -4.65. The van der Waals surface area contributed by atoms with Gasteiger partial charge < -0.3 is 24.5 Å². The van der Waals surface area contributed by atoms with Gasteiger partial charge in [-0.05, 0) is 85.6 Å². The second-order valence-electron chi connectivity index (χ2n) is 18.7. The van der Waals surface area contributed by atoms with Gasteiger partial charge in [-0.1, -0.05) is 43.2 Å². The molecule has 0 saturated carbocycles. The van der Waals surface area contributed by atoms with Crippen LogP contribution in [0, 0.1) is 21.4 Å². The number of sulfonamides is 1. The number of rotatable bonds is 12. The number of amides is 1. The van der Waals surface area contributed by atoms with Gasteiger partial charge in [-0.25, -0.2) is 18.1 Å². The largest absolute Gasteiger partial charge is 0.493 e. The standard InChI is InChI=1S/C47H52ClN7O8S/c1-46(2)12-10-33(40(23-46)31-4-6-34(48)7-5-31)26-52-14-16-54(17-15-52)35-8-9-38(43(20-35)63-36-19-32-11-13-49-44(32)50-24-36)45(56)51-64(60,61)37-21-41(55(58)59)39-18-30(27-62-42(39)22-37)25-53-28-47(3,57)29-53/h4-9,11,13,19-22,24,30,57H,10,12,14-18,23,25-29H2,1-3H3,(H,49,50)(H,51,56)/t30-/m1/s1. The van der Waals surface area contributed by atoms with Crippen molar-refractivity contribution in [1.82, 2.24) is 24.5 Å². The van der Waals surface area contributed by atoms with E-state index in [-0.39, 0.29) is 40.6 Å². The summed E-state index contributed by atoms with van der Waals surface area (Å²) in [5.74, 6) is -0.539. The average Bonchev–Trinajstić information content (AvgIpc) is 3.72. The Morgan fingerprint density at radius 1 is 1.05 bits per heavy atom. The molecule has 17 heteroatoms. The number of hydrogen-bond acceptors (Lipinski definition) is 12. The number of carbonyl (C=O) groups excluding carboxylic acids is 1. The fourth-order valence-electron chi connectivity index (χ4n) is 9.56. The van der Waals surface area contributed by atoms with E-state index in [0.717, 1.165) is 61.1 Å². The lowest BCUT2D eigenvalue weighted by Gasteiger charge is -2.46. The van der Waals surface area contributed by atoms with Gasteiger partial charge in [0.1, 0.15) is 22.9 Å². The van der Waals surface area contributed by atoms with Crippen LogP contribution in [0.25, 0.3) is 16.6 Å². The summed E-state index contributed by atoms with van der Waals surface area (Å²) in [7, 11) is -4.65. The lowest BCUT2D eigenvalue weighted by molar-refractivity contribution is -0.386. The number of ether oxygens (including phenoxy) is 2. The lowest BCUT2D eigenvalue weighted by Crippen LogP contribution is -2.61. The van der Waals surface area contributed by atoms with Crippen LogP contribution in [-0.4, -0.2) is 109 Å². The highest BCUT2D eigenvalue weighted by atomic mass is 35.5. The number of benzene rings is 3. The number of nitro benzene ring substituents is 1. The van der Waals surface area contributed by atoms with Gasteiger partial charge in [0.15, 0.2) is 0 Å². The molecule has 15 nitrogen and oxygen atoms in total. The van der Waals surface area contributed by atoms with Crippen LogP contribution in [0.4, 0.5) is 11.4 Å². The van der Waals surface area contributed by atoms with E-state index in [1.54, 1.807) is 31.3 Å². The van der Waals surface area contributed by atoms with E-state index in [4.69, 9.17) is 21.1 Å². The van der Waals surface area contributed by atoms with Gasteiger partial charge >= 0.3 is 0 Å². The van der Waals surface area contributed by atoms with Gasteiger partial charge in [0, 0.05) is 98.8 Å². The number of aromatic nitrogens is 2. The first-order chi connectivity index (χ1) is 30.5. The third-order valence-electron chi connectivity index (χ3n) is 12.8. The topological polar surface area (TPSA) is 183 Å². The molecule has 2 fully saturated rings. The van der Waals surface area contributed by atoms with Crippen LogP contribution in [0.5, 0.6) is 17.2 Å². The molecular weight excluding hydrogens is 858 g/mol. The van der Waals surface area contributed by atoms with Gasteiger partial charge in [0.2, 0.25) is 0 Å². The zero-order chi connectivity index (χ0) is 45.0. The minimum Gasteiger partial charge on any atom is -0.493 e. The molecule has 64 heavy (non-hydrogen) atoms. The maximum atomic E-state index is 14.0. The molecule has 3 aromatic carbocycles. The number of piperazine rings is 1. The van der Waals surface area contributed by atoms with Crippen molar-refractivity contribution >= 4 is 55.5 Å². The van der Waals surface area contributed by atoms with Gasteiger partial charge in [0.25, 0.3) is 21.6 Å². The summed E-state index contributed by atoms with van der Waals surface area (Å²) in [6.07, 6.45) is 6.75. The number of likely N-dealkylation sites (tertiary alicyclic amines) is 1. The zero-order valence-corrected chi connectivity index (χ0v) is 37.7. The second-order valence-corrected chi connectivity index (χ2v) is 20.8. The first-order valence-electron chi connectivity index (χ1n) is 21.6. The molecule has 9 rings (SSSR count). The van der Waals surface area contributed by atoms with Crippen molar-refractivity contribution in [3.05, 3.63) is 117 Å². The number of anilines is 1. The van der Waals surface area contributed by atoms with E-state index < -0.39 is 37.0 Å². The van der Waals surface area contributed by atoms with E-state index >= 15 is 0 Å². The van der Waals surface area contributed by atoms with Crippen LogP contribution < -0.4 is 19.1 Å². The Labute approximate surface area is 377 Å². The van der Waals surface area contributed by atoms with Crippen molar-refractivity contribution in [2.45, 2.75) is 57.0 Å². The normalized spacial score (nSPS) is 20.0. The Kier molecular flexibility index (Phi) is 11.7. The van der Waals surface area contributed by atoms with E-state index in [9.17, 15) is 28.4 Å². The van der Waals surface area contributed by atoms with Crippen LogP contribution in [0.15, 0.2) is 89.6 Å². The van der Waals surface area contributed by atoms with Crippen LogP contribution >= 0.6 is 11.6 Å². The number of hydrogen-bond donors (Lipinski definition) is 3. The fourth-order valence-corrected chi connectivity index (χ4v) is 10.7. The molecule has 3 aliphatic heterocycles. The van der Waals surface area contributed by atoms with Crippen LogP contribution in [0.2, 0.25) is 5.02 Å². The molecule has 1 aliphatic carbocycles.